The van der Waals surface area contributed by atoms with Crippen molar-refractivity contribution in [2.75, 3.05) is 5.32 Å². The Bertz CT molecular complexity index is 671. The number of hydrogen-bond donors (Lipinski definition) is 2. The Morgan fingerprint density at radius 1 is 1.24 bits per heavy atom. The molecule has 0 heterocycles. The van der Waals surface area contributed by atoms with Crippen molar-refractivity contribution in [3.63, 3.8) is 0 Å². The minimum atomic E-state index is -0.882. The molecule has 6 heteroatoms. The fourth-order valence-electron chi connectivity index (χ4n) is 1.92. The number of benzene rings is 2. The first kappa shape index (κ1) is 14.7. The lowest BCUT2D eigenvalue weighted by atomic mass is 10.1. The van der Waals surface area contributed by atoms with Gasteiger partial charge in [0, 0.05) is 6.07 Å². The van der Waals surface area contributed by atoms with Crippen LogP contribution in [0.2, 0.25) is 0 Å². The van der Waals surface area contributed by atoms with E-state index in [4.69, 9.17) is 5.73 Å². The van der Waals surface area contributed by atoms with Gasteiger partial charge < -0.3 is 11.1 Å². The van der Waals surface area contributed by atoms with Crippen molar-refractivity contribution in [3.05, 3.63) is 69.8 Å². The molecule has 0 saturated heterocycles. The maximum absolute atomic E-state index is 12.1. The molecule has 2 aromatic rings. The first-order chi connectivity index (χ1) is 9.99. The van der Waals surface area contributed by atoms with Gasteiger partial charge in [0.1, 0.15) is 11.7 Å². The normalized spacial score (nSPS) is 11.7. The van der Waals surface area contributed by atoms with Crippen molar-refractivity contribution >= 4 is 17.3 Å². The second-order valence-electron chi connectivity index (χ2n) is 4.66. The van der Waals surface area contributed by atoms with E-state index >= 15 is 0 Å². The number of amides is 1. The summed E-state index contributed by atoms with van der Waals surface area (Å²) in [6.45, 7) is 1.74. The van der Waals surface area contributed by atoms with E-state index < -0.39 is 16.9 Å². The highest BCUT2D eigenvalue weighted by atomic mass is 16.6. The van der Waals surface area contributed by atoms with Crippen LogP contribution in [0.1, 0.15) is 17.2 Å². The van der Waals surface area contributed by atoms with E-state index in [0.29, 0.717) is 5.56 Å². The third-order valence-electron chi connectivity index (χ3n) is 3.05. The van der Waals surface area contributed by atoms with Gasteiger partial charge in [0.25, 0.3) is 5.69 Å². The Hall–Kier alpha value is -2.73. The van der Waals surface area contributed by atoms with Crippen LogP contribution in [0, 0.1) is 17.0 Å². The zero-order valence-electron chi connectivity index (χ0n) is 11.4. The Morgan fingerprint density at radius 3 is 2.52 bits per heavy atom. The molecule has 0 radical (unpaired) electrons. The lowest BCUT2D eigenvalue weighted by Gasteiger charge is -2.12. The van der Waals surface area contributed by atoms with Crippen molar-refractivity contribution in [1.29, 1.82) is 0 Å². The van der Waals surface area contributed by atoms with Crippen LogP contribution in [-0.4, -0.2) is 10.8 Å². The molecule has 1 amide bonds. The number of hydrogen-bond acceptors (Lipinski definition) is 4. The molecule has 0 aromatic heterocycles. The molecule has 21 heavy (non-hydrogen) atoms. The smallest absolute Gasteiger partial charge is 0.293 e. The van der Waals surface area contributed by atoms with Crippen LogP contribution >= 0.6 is 0 Å². The summed E-state index contributed by atoms with van der Waals surface area (Å²) in [7, 11) is 0. The second kappa shape index (κ2) is 6.15. The Kier molecular flexibility index (Phi) is 4.30. The SMILES string of the molecule is Cc1ccc(NC(=O)[C@H](N)c2ccccc2)c([N+](=O)[O-])c1. The lowest BCUT2D eigenvalue weighted by Crippen LogP contribution is -2.27. The molecule has 0 unspecified atom stereocenters. The fourth-order valence-corrected chi connectivity index (χ4v) is 1.92. The Morgan fingerprint density at radius 2 is 1.90 bits per heavy atom. The molecule has 0 saturated carbocycles. The van der Waals surface area contributed by atoms with Crippen LogP contribution in [0.15, 0.2) is 48.5 Å². The van der Waals surface area contributed by atoms with Crippen LogP contribution < -0.4 is 11.1 Å². The number of carbonyl (C=O) groups excluding carboxylic acids is 1. The predicted octanol–water partition coefficient (Wildman–Crippen LogP) is 2.54. The molecule has 0 aliphatic heterocycles. The molecule has 108 valence electrons. The number of anilines is 1. The fraction of sp³-hybridized carbons (Fsp3) is 0.133. The summed E-state index contributed by atoms with van der Waals surface area (Å²) in [6.07, 6.45) is 0. The quantitative estimate of drug-likeness (QED) is 0.666. The van der Waals surface area contributed by atoms with Crippen molar-refractivity contribution in [3.8, 4) is 0 Å². The highest BCUT2D eigenvalue weighted by molar-refractivity contribution is 5.97. The number of carbonyl (C=O) groups is 1. The number of nitrogens with one attached hydrogen (secondary N) is 1. The molecule has 2 aromatic carbocycles. The third-order valence-corrected chi connectivity index (χ3v) is 3.05. The lowest BCUT2D eigenvalue weighted by molar-refractivity contribution is -0.384. The molecular weight excluding hydrogens is 270 g/mol. The summed E-state index contributed by atoms with van der Waals surface area (Å²) in [5.41, 5.74) is 7.24. The largest absolute Gasteiger partial charge is 0.319 e. The highest BCUT2D eigenvalue weighted by Crippen LogP contribution is 2.26. The summed E-state index contributed by atoms with van der Waals surface area (Å²) in [5, 5.41) is 13.5. The van der Waals surface area contributed by atoms with Crippen molar-refractivity contribution in [2.24, 2.45) is 5.73 Å². The molecule has 0 fully saturated rings. The van der Waals surface area contributed by atoms with E-state index in [1.54, 1.807) is 37.3 Å². The van der Waals surface area contributed by atoms with Crippen LogP contribution in [0.3, 0.4) is 0 Å². The minimum absolute atomic E-state index is 0.141. The third kappa shape index (κ3) is 3.43. The summed E-state index contributed by atoms with van der Waals surface area (Å²) in [4.78, 5) is 22.6. The summed E-state index contributed by atoms with van der Waals surface area (Å²) in [6, 6.07) is 12.5. The minimum Gasteiger partial charge on any atom is -0.319 e. The van der Waals surface area contributed by atoms with Crippen molar-refractivity contribution < 1.29 is 9.72 Å². The van der Waals surface area contributed by atoms with Gasteiger partial charge >= 0.3 is 0 Å². The summed E-state index contributed by atoms with van der Waals surface area (Å²) in [5.74, 6) is -0.492. The van der Waals surface area contributed by atoms with Crippen LogP contribution in [0.4, 0.5) is 11.4 Å². The average molecular weight is 285 g/mol. The van der Waals surface area contributed by atoms with Gasteiger partial charge in [0.2, 0.25) is 5.91 Å². The van der Waals surface area contributed by atoms with E-state index in [1.165, 1.54) is 12.1 Å². The number of aryl methyl sites for hydroxylation is 1. The van der Waals surface area contributed by atoms with Crippen LogP contribution in [0.25, 0.3) is 0 Å². The van der Waals surface area contributed by atoms with E-state index in [9.17, 15) is 14.9 Å². The van der Waals surface area contributed by atoms with Gasteiger partial charge in [-0.1, -0.05) is 36.4 Å². The number of nitrogens with two attached hydrogens (primary N) is 1. The standard InChI is InChI=1S/C15H15N3O3/c1-10-7-8-12(13(9-10)18(20)21)17-15(19)14(16)11-5-3-2-4-6-11/h2-9,14H,16H2,1H3,(H,17,19)/t14-/m1/s1. The molecule has 0 spiro atoms. The van der Waals surface area contributed by atoms with Gasteiger partial charge in [-0.25, -0.2) is 0 Å². The molecule has 0 bridgehead atoms. The monoisotopic (exact) mass is 285 g/mol. The van der Waals surface area contributed by atoms with E-state index in [2.05, 4.69) is 5.32 Å². The Labute approximate surface area is 121 Å². The predicted molar refractivity (Wildman–Crippen MR) is 79.8 cm³/mol. The number of nitro groups is 1. The molecule has 1 atom stereocenters. The molecule has 0 aliphatic rings. The molecule has 2 rings (SSSR count). The van der Waals surface area contributed by atoms with Gasteiger partial charge in [-0.2, -0.15) is 0 Å². The van der Waals surface area contributed by atoms with Gasteiger partial charge in [-0.05, 0) is 24.1 Å². The first-order valence-electron chi connectivity index (χ1n) is 6.35. The van der Waals surface area contributed by atoms with Gasteiger partial charge in [0.15, 0.2) is 0 Å². The second-order valence-corrected chi connectivity index (χ2v) is 4.66. The zero-order chi connectivity index (χ0) is 15.4. The zero-order valence-corrected chi connectivity index (χ0v) is 11.4. The van der Waals surface area contributed by atoms with E-state index in [-0.39, 0.29) is 11.4 Å². The van der Waals surface area contributed by atoms with Crippen molar-refractivity contribution in [1.82, 2.24) is 0 Å². The topological polar surface area (TPSA) is 98.3 Å². The van der Waals surface area contributed by atoms with E-state index in [0.717, 1.165) is 5.56 Å². The molecular formula is C15H15N3O3. The summed E-state index contributed by atoms with van der Waals surface area (Å²) >= 11 is 0. The van der Waals surface area contributed by atoms with E-state index in [1.807, 2.05) is 6.07 Å². The number of nitrogens with zero attached hydrogens (tertiary/aromatic N) is 1. The Balaban J connectivity index is 2.22. The van der Waals surface area contributed by atoms with Gasteiger partial charge in [-0.15, -0.1) is 0 Å². The van der Waals surface area contributed by atoms with Gasteiger partial charge in [-0.3, -0.25) is 14.9 Å². The van der Waals surface area contributed by atoms with Crippen LogP contribution in [0.5, 0.6) is 0 Å². The maximum Gasteiger partial charge on any atom is 0.293 e. The summed E-state index contributed by atoms with van der Waals surface area (Å²) < 4.78 is 0. The number of rotatable bonds is 4. The van der Waals surface area contributed by atoms with Crippen LogP contribution in [-0.2, 0) is 4.79 Å². The molecule has 0 aliphatic carbocycles. The molecule has 3 N–H and O–H groups in total. The number of nitro benzene ring substituents is 1. The highest BCUT2D eigenvalue weighted by Gasteiger charge is 2.20. The molecule has 6 nitrogen and oxygen atoms in total. The maximum atomic E-state index is 12.1. The average Bonchev–Trinajstić information content (AvgIpc) is 2.49. The van der Waals surface area contributed by atoms with Crippen molar-refractivity contribution in [2.45, 2.75) is 13.0 Å². The van der Waals surface area contributed by atoms with Gasteiger partial charge in [0.05, 0.1) is 4.92 Å². The first-order valence-corrected chi connectivity index (χ1v) is 6.35.